The summed E-state index contributed by atoms with van der Waals surface area (Å²) >= 11 is 0. The van der Waals surface area contributed by atoms with E-state index < -0.39 is 0 Å². The molecule has 31 heavy (non-hydrogen) atoms. The molecule has 2 aliphatic carbocycles. The highest BCUT2D eigenvalue weighted by Crippen LogP contribution is 2.42. The number of carbonyl (C=O) groups is 1. The van der Waals surface area contributed by atoms with E-state index in [9.17, 15) is 4.79 Å². The smallest absolute Gasteiger partial charge is 0.319 e. The van der Waals surface area contributed by atoms with Crippen molar-refractivity contribution in [3.63, 3.8) is 0 Å². The summed E-state index contributed by atoms with van der Waals surface area (Å²) in [6, 6.07) is 8.69. The van der Waals surface area contributed by atoms with Crippen LogP contribution in [0.5, 0.6) is 0 Å². The van der Waals surface area contributed by atoms with Gasteiger partial charge in [-0.2, -0.15) is 0 Å². The van der Waals surface area contributed by atoms with Gasteiger partial charge in [-0.15, -0.1) is 0 Å². The lowest BCUT2D eigenvalue weighted by Crippen LogP contribution is -2.43. The average Bonchev–Trinajstić information content (AvgIpc) is 3.17. The zero-order chi connectivity index (χ0) is 21.4. The third kappa shape index (κ3) is 3.61. The Hall–Kier alpha value is -3.12. The summed E-state index contributed by atoms with van der Waals surface area (Å²) in [6.45, 7) is 0. The van der Waals surface area contributed by atoms with Crippen molar-refractivity contribution < 1.29 is 4.79 Å². The second kappa shape index (κ2) is 7.85. The number of amidine groups is 1. The molecular formula is C25H29N5O. The largest absolute Gasteiger partial charge is 0.341 e. The highest BCUT2D eigenvalue weighted by atomic mass is 16.2. The first-order valence-electron chi connectivity index (χ1n) is 11.0. The molecule has 3 unspecified atom stereocenters. The molecule has 1 fully saturated rings. The molecular weight excluding hydrogens is 386 g/mol. The summed E-state index contributed by atoms with van der Waals surface area (Å²) < 4.78 is 0. The molecule has 2 aliphatic heterocycles. The van der Waals surface area contributed by atoms with Crippen molar-refractivity contribution in [3.05, 3.63) is 83.7 Å². The molecule has 0 saturated heterocycles. The number of hydrogen-bond donors (Lipinski definition) is 3. The zero-order valence-electron chi connectivity index (χ0n) is 17.8. The van der Waals surface area contributed by atoms with Crippen LogP contribution in [0.2, 0.25) is 0 Å². The standard InChI is InChI=1S/C25H29N5O/c1-27-24(31)28-20-12-13-21-29-22(23(30(21)16-20)18-6-3-2-4-7-18)17-8-10-19(11-9-17)25(26)14-5-15-25/h2-4,6,8-13,16,18,22-23H,5,7,14-15,26H2,1H3,(H2,27,28,31). The predicted molar refractivity (Wildman–Crippen MR) is 123 cm³/mol. The van der Waals surface area contributed by atoms with Gasteiger partial charge < -0.3 is 21.3 Å². The molecule has 4 aliphatic rings. The van der Waals surface area contributed by atoms with Crippen molar-refractivity contribution in [2.45, 2.75) is 43.3 Å². The van der Waals surface area contributed by atoms with Gasteiger partial charge in [0.15, 0.2) is 0 Å². The number of carbonyl (C=O) groups excluding carboxylic acids is 1. The van der Waals surface area contributed by atoms with Crippen molar-refractivity contribution >= 4 is 11.9 Å². The van der Waals surface area contributed by atoms with Gasteiger partial charge in [-0.1, -0.05) is 48.6 Å². The van der Waals surface area contributed by atoms with Crippen LogP contribution in [0.15, 0.2) is 77.6 Å². The number of nitrogens with two attached hydrogens (primary N) is 1. The Balaban J connectivity index is 1.46. The SMILES string of the molecule is CNC(=O)NC1=CN2C(=NC(c3ccc(C4(N)CCC4)cc3)C2C2C=CC=CC2)C=C1. The monoisotopic (exact) mass is 415 g/mol. The number of amides is 2. The van der Waals surface area contributed by atoms with E-state index in [0.717, 1.165) is 30.8 Å². The van der Waals surface area contributed by atoms with Crippen LogP contribution >= 0.6 is 0 Å². The summed E-state index contributed by atoms with van der Waals surface area (Å²) in [5, 5.41) is 5.48. The fraction of sp³-hybridized carbons (Fsp3) is 0.360. The van der Waals surface area contributed by atoms with E-state index in [1.165, 1.54) is 17.5 Å². The molecule has 3 atom stereocenters. The summed E-state index contributed by atoms with van der Waals surface area (Å²) in [7, 11) is 1.61. The molecule has 0 spiro atoms. The maximum Gasteiger partial charge on any atom is 0.319 e. The predicted octanol–water partition coefficient (Wildman–Crippen LogP) is 3.62. The minimum Gasteiger partial charge on any atom is -0.341 e. The number of nitrogens with one attached hydrogen (secondary N) is 2. The van der Waals surface area contributed by atoms with Crippen molar-refractivity contribution in [2.75, 3.05) is 7.05 Å². The Morgan fingerprint density at radius 2 is 2.00 bits per heavy atom. The number of hydrogen-bond acceptors (Lipinski definition) is 4. The van der Waals surface area contributed by atoms with E-state index in [0.29, 0.717) is 5.92 Å². The lowest BCUT2D eigenvalue weighted by Gasteiger charge is -2.39. The second-order valence-corrected chi connectivity index (χ2v) is 8.80. The molecule has 1 aromatic rings. The molecule has 2 heterocycles. The first-order chi connectivity index (χ1) is 15.1. The first-order valence-corrected chi connectivity index (χ1v) is 11.0. The minimum absolute atomic E-state index is 0.0144. The van der Waals surface area contributed by atoms with Crippen molar-refractivity contribution in [1.82, 2.24) is 15.5 Å². The third-order valence-corrected chi connectivity index (χ3v) is 6.88. The molecule has 160 valence electrons. The molecule has 2 amide bonds. The number of aliphatic imine (C=N–C) groups is 1. The molecule has 1 saturated carbocycles. The Morgan fingerprint density at radius 1 is 1.19 bits per heavy atom. The zero-order valence-corrected chi connectivity index (χ0v) is 17.8. The van der Waals surface area contributed by atoms with E-state index in [4.69, 9.17) is 10.7 Å². The highest BCUT2D eigenvalue weighted by molar-refractivity contribution is 5.97. The molecule has 0 radical (unpaired) electrons. The first kappa shape index (κ1) is 19.8. The Morgan fingerprint density at radius 3 is 2.65 bits per heavy atom. The van der Waals surface area contributed by atoms with Gasteiger partial charge in [0.1, 0.15) is 5.84 Å². The van der Waals surface area contributed by atoms with Crippen LogP contribution in [0.1, 0.15) is 42.9 Å². The average molecular weight is 416 g/mol. The number of rotatable bonds is 4. The van der Waals surface area contributed by atoms with Crippen LogP contribution in [0.25, 0.3) is 0 Å². The summed E-state index contributed by atoms with van der Waals surface area (Å²) in [4.78, 5) is 19.1. The topological polar surface area (TPSA) is 82.8 Å². The van der Waals surface area contributed by atoms with Gasteiger partial charge in [0.25, 0.3) is 0 Å². The van der Waals surface area contributed by atoms with Crippen molar-refractivity contribution in [3.8, 4) is 0 Å². The second-order valence-electron chi connectivity index (χ2n) is 8.80. The highest BCUT2D eigenvalue weighted by Gasteiger charge is 2.41. The maximum atomic E-state index is 11.8. The van der Waals surface area contributed by atoms with Crippen molar-refractivity contribution in [1.29, 1.82) is 0 Å². The van der Waals surface area contributed by atoms with Crippen LogP contribution in [0.3, 0.4) is 0 Å². The van der Waals surface area contributed by atoms with Gasteiger partial charge in [-0.3, -0.25) is 4.99 Å². The summed E-state index contributed by atoms with van der Waals surface area (Å²) in [5.41, 5.74) is 9.55. The van der Waals surface area contributed by atoms with Gasteiger partial charge in [-0.25, -0.2) is 4.79 Å². The third-order valence-electron chi connectivity index (χ3n) is 6.88. The van der Waals surface area contributed by atoms with Gasteiger partial charge in [0.05, 0.1) is 17.8 Å². The minimum atomic E-state index is -0.230. The fourth-order valence-electron chi connectivity index (χ4n) is 4.92. The lowest BCUT2D eigenvalue weighted by molar-refractivity contribution is 0.245. The quantitative estimate of drug-likeness (QED) is 0.702. The Kier molecular flexibility index (Phi) is 5.02. The lowest BCUT2D eigenvalue weighted by atomic mass is 9.72. The number of nitrogens with zero attached hydrogens (tertiary/aromatic N) is 2. The van der Waals surface area contributed by atoms with Crippen LogP contribution in [-0.2, 0) is 5.54 Å². The summed E-state index contributed by atoms with van der Waals surface area (Å²) in [6.07, 6.45) is 18.9. The van der Waals surface area contributed by atoms with E-state index in [1.807, 2.05) is 18.4 Å². The molecule has 6 heteroatoms. The molecule has 6 nitrogen and oxygen atoms in total. The van der Waals surface area contributed by atoms with Gasteiger partial charge in [-0.05, 0) is 49.0 Å². The maximum absolute atomic E-state index is 11.8. The van der Waals surface area contributed by atoms with Crippen LogP contribution in [0, 0.1) is 5.92 Å². The molecule has 1 aromatic carbocycles. The van der Waals surface area contributed by atoms with Crippen LogP contribution < -0.4 is 16.4 Å². The molecule has 4 N–H and O–H groups in total. The Labute approximate surface area is 183 Å². The van der Waals surface area contributed by atoms with Crippen molar-refractivity contribution in [2.24, 2.45) is 16.6 Å². The van der Waals surface area contributed by atoms with E-state index in [-0.39, 0.29) is 23.7 Å². The fourth-order valence-corrected chi connectivity index (χ4v) is 4.92. The number of fused-ring (bicyclic) bond motifs is 1. The number of benzene rings is 1. The van der Waals surface area contributed by atoms with E-state index >= 15 is 0 Å². The van der Waals surface area contributed by atoms with Gasteiger partial charge in [0, 0.05) is 24.7 Å². The van der Waals surface area contributed by atoms with E-state index in [2.05, 4.69) is 64.1 Å². The van der Waals surface area contributed by atoms with Crippen LogP contribution in [-0.4, -0.2) is 29.9 Å². The van der Waals surface area contributed by atoms with E-state index in [1.54, 1.807) is 7.05 Å². The molecule has 5 rings (SSSR count). The normalized spacial score (nSPS) is 27.8. The van der Waals surface area contributed by atoms with Crippen LogP contribution in [0.4, 0.5) is 4.79 Å². The van der Waals surface area contributed by atoms with Gasteiger partial charge in [0.2, 0.25) is 0 Å². The number of allylic oxidation sites excluding steroid dienone is 4. The summed E-state index contributed by atoms with van der Waals surface area (Å²) in [5.74, 6) is 1.26. The number of urea groups is 1. The Bertz CT molecular complexity index is 1010. The molecule has 0 aromatic heterocycles. The van der Waals surface area contributed by atoms with Gasteiger partial charge >= 0.3 is 6.03 Å². The molecule has 0 bridgehead atoms.